The number of phenols is 1. The summed E-state index contributed by atoms with van der Waals surface area (Å²) in [6.07, 6.45) is -1.23. The first kappa shape index (κ1) is 20.9. The number of aliphatic hydroxyl groups excluding tert-OH is 2. The number of hydrogen-bond donors (Lipinski definition) is 6. The highest BCUT2D eigenvalue weighted by molar-refractivity contribution is 5.90. The van der Waals surface area contributed by atoms with Crippen molar-refractivity contribution in [3.63, 3.8) is 0 Å². The number of likely N-dealkylation sites (N-methyl/N-ethyl adjacent to an activating group) is 1. The lowest BCUT2D eigenvalue weighted by Crippen LogP contribution is -2.57. The fourth-order valence-corrected chi connectivity index (χ4v) is 2.85. The highest BCUT2D eigenvalue weighted by Gasteiger charge is 2.33. The van der Waals surface area contributed by atoms with E-state index < -0.39 is 36.0 Å². The highest BCUT2D eigenvalue weighted by atomic mass is 16.5. The highest BCUT2D eigenvalue weighted by Crippen LogP contribution is 2.30. The molecular formula is C18H27N3O6. The fraction of sp³-hybridized carbons (Fsp3) is 0.556. The molecule has 1 aromatic carbocycles. The molecule has 2 bridgehead atoms. The van der Waals surface area contributed by atoms with Crippen LogP contribution in [0.4, 0.5) is 0 Å². The van der Waals surface area contributed by atoms with Crippen molar-refractivity contribution in [3.05, 3.63) is 23.8 Å². The van der Waals surface area contributed by atoms with Crippen molar-refractivity contribution in [1.29, 1.82) is 0 Å². The molecule has 150 valence electrons. The van der Waals surface area contributed by atoms with E-state index in [0.29, 0.717) is 5.56 Å². The number of carbonyl (C=O) groups is 2. The van der Waals surface area contributed by atoms with Gasteiger partial charge in [0.05, 0.1) is 12.6 Å². The molecule has 6 N–H and O–H groups in total. The van der Waals surface area contributed by atoms with Gasteiger partial charge in [0.25, 0.3) is 0 Å². The van der Waals surface area contributed by atoms with E-state index >= 15 is 0 Å². The van der Waals surface area contributed by atoms with E-state index in [2.05, 4.69) is 16.0 Å². The van der Waals surface area contributed by atoms with Gasteiger partial charge in [-0.15, -0.1) is 0 Å². The molecule has 1 aliphatic heterocycles. The summed E-state index contributed by atoms with van der Waals surface area (Å²) in [6.45, 7) is 3.08. The number of amides is 2. The Kier molecular flexibility index (Phi) is 7.00. The van der Waals surface area contributed by atoms with Gasteiger partial charge in [0, 0.05) is 0 Å². The molecule has 2 unspecified atom stereocenters. The Hall–Kier alpha value is -2.36. The van der Waals surface area contributed by atoms with Crippen LogP contribution in [0.1, 0.15) is 25.5 Å². The molecule has 27 heavy (non-hydrogen) atoms. The Morgan fingerprint density at radius 2 is 1.96 bits per heavy atom. The number of benzene rings is 1. The van der Waals surface area contributed by atoms with Crippen LogP contribution in [0.15, 0.2) is 18.2 Å². The van der Waals surface area contributed by atoms with Crippen molar-refractivity contribution in [2.75, 3.05) is 20.3 Å². The SMILES string of the molecule is CNC1C(=O)NC(C(C)C)C(=O)N[C@H](CO)COc2cc(ccc2O)[C@H]1O. The van der Waals surface area contributed by atoms with E-state index in [4.69, 9.17) is 4.74 Å². The van der Waals surface area contributed by atoms with E-state index in [1.807, 2.05) is 0 Å². The summed E-state index contributed by atoms with van der Waals surface area (Å²) in [5, 5.41) is 38.2. The third-order valence-corrected chi connectivity index (χ3v) is 4.49. The number of fused-ring (bicyclic) bond motifs is 2. The summed E-state index contributed by atoms with van der Waals surface area (Å²) in [4.78, 5) is 25.3. The number of ether oxygens (including phenoxy) is 1. The fourth-order valence-electron chi connectivity index (χ4n) is 2.85. The van der Waals surface area contributed by atoms with Crippen LogP contribution < -0.4 is 20.7 Å². The molecule has 0 radical (unpaired) electrons. The van der Waals surface area contributed by atoms with Gasteiger partial charge in [-0.1, -0.05) is 19.9 Å². The number of aromatic hydroxyl groups is 1. The van der Waals surface area contributed by atoms with Crippen molar-refractivity contribution in [2.45, 2.75) is 38.1 Å². The second kappa shape index (κ2) is 9.03. The van der Waals surface area contributed by atoms with Crippen molar-refractivity contribution >= 4 is 11.8 Å². The number of phenolic OH excluding ortho intramolecular Hbond substituents is 1. The van der Waals surface area contributed by atoms with Gasteiger partial charge < -0.3 is 36.0 Å². The predicted molar refractivity (Wildman–Crippen MR) is 97.2 cm³/mol. The van der Waals surface area contributed by atoms with E-state index in [1.54, 1.807) is 13.8 Å². The van der Waals surface area contributed by atoms with Crippen LogP contribution in [-0.2, 0) is 9.59 Å². The molecule has 2 rings (SSSR count). The molecule has 0 fully saturated rings. The molecule has 0 aromatic heterocycles. The maximum atomic E-state index is 12.7. The van der Waals surface area contributed by atoms with Gasteiger partial charge in [0.15, 0.2) is 11.5 Å². The van der Waals surface area contributed by atoms with Crippen molar-refractivity contribution in [1.82, 2.24) is 16.0 Å². The molecule has 1 aliphatic rings. The monoisotopic (exact) mass is 381 g/mol. The second-order valence-corrected chi connectivity index (χ2v) is 6.87. The van der Waals surface area contributed by atoms with Crippen molar-refractivity contribution in [2.24, 2.45) is 5.92 Å². The summed E-state index contributed by atoms with van der Waals surface area (Å²) in [5.74, 6) is -1.32. The third kappa shape index (κ3) is 4.88. The zero-order valence-electron chi connectivity index (χ0n) is 15.6. The van der Waals surface area contributed by atoms with Gasteiger partial charge in [-0.3, -0.25) is 9.59 Å². The van der Waals surface area contributed by atoms with E-state index in [0.717, 1.165) is 0 Å². The second-order valence-electron chi connectivity index (χ2n) is 6.87. The Morgan fingerprint density at radius 3 is 2.56 bits per heavy atom. The molecule has 0 saturated carbocycles. The zero-order chi connectivity index (χ0) is 20.1. The number of hydrogen-bond acceptors (Lipinski definition) is 7. The first-order valence-electron chi connectivity index (χ1n) is 8.81. The molecule has 0 spiro atoms. The molecule has 9 nitrogen and oxygen atoms in total. The normalized spacial score (nSPS) is 26.9. The van der Waals surface area contributed by atoms with Gasteiger partial charge in [0.2, 0.25) is 11.8 Å². The van der Waals surface area contributed by atoms with Gasteiger partial charge in [-0.2, -0.15) is 0 Å². The molecule has 1 aromatic rings. The van der Waals surface area contributed by atoms with Crippen molar-refractivity contribution < 1.29 is 29.6 Å². The van der Waals surface area contributed by atoms with E-state index in [1.165, 1.54) is 25.2 Å². The first-order valence-corrected chi connectivity index (χ1v) is 8.81. The van der Waals surface area contributed by atoms with Crippen LogP contribution in [0.5, 0.6) is 11.5 Å². The van der Waals surface area contributed by atoms with Crippen LogP contribution in [0, 0.1) is 5.92 Å². The average Bonchev–Trinajstić information content (AvgIpc) is 2.63. The summed E-state index contributed by atoms with van der Waals surface area (Å²) in [7, 11) is 1.52. The molecule has 2 amide bonds. The van der Waals surface area contributed by atoms with Gasteiger partial charge in [-0.05, 0) is 30.7 Å². The third-order valence-electron chi connectivity index (χ3n) is 4.49. The summed E-state index contributed by atoms with van der Waals surface area (Å²) < 4.78 is 5.52. The predicted octanol–water partition coefficient (Wildman–Crippen LogP) is -0.976. The minimum absolute atomic E-state index is 0.0779. The Bertz CT molecular complexity index is 681. The Morgan fingerprint density at radius 1 is 1.26 bits per heavy atom. The van der Waals surface area contributed by atoms with Crippen LogP contribution in [0.25, 0.3) is 0 Å². The summed E-state index contributed by atoms with van der Waals surface area (Å²) >= 11 is 0. The molecule has 0 aliphatic carbocycles. The van der Waals surface area contributed by atoms with Gasteiger partial charge in [0.1, 0.15) is 24.8 Å². The van der Waals surface area contributed by atoms with E-state index in [-0.39, 0.29) is 30.6 Å². The Labute approximate surface area is 157 Å². The minimum atomic E-state index is -1.23. The lowest BCUT2D eigenvalue weighted by atomic mass is 9.99. The topological polar surface area (TPSA) is 140 Å². The van der Waals surface area contributed by atoms with Gasteiger partial charge in [-0.25, -0.2) is 0 Å². The lowest BCUT2D eigenvalue weighted by Gasteiger charge is -2.27. The number of rotatable bonds is 3. The maximum absolute atomic E-state index is 12.7. The average molecular weight is 381 g/mol. The first-order chi connectivity index (χ1) is 12.8. The van der Waals surface area contributed by atoms with Crippen LogP contribution in [-0.4, -0.2) is 65.5 Å². The van der Waals surface area contributed by atoms with Crippen LogP contribution in [0.3, 0.4) is 0 Å². The van der Waals surface area contributed by atoms with Crippen molar-refractivity contribution in [3.8, 4) is 11.5 Å². The number of aliphatic hydroxyl groups is 2. The molecule has 9 heteroatoms. The standard InChI is InChI=1S/C18H27N3O6/c1-9(2)14-17(25)20-11(7-22)8-27-13-6-10(4-5-12(13)23)16(24)15(19-3)18(26)21-14/h4-6,9,11,14-16,19,22-24H,7-8H2,1-3H3,(H,20,25)(H,21,26)/t11-,14?,15?,16-/m1/s1. The molecule has 4 atom stereocenters. The minimum Gasteiger partial charge on any atom is -0.504 e. The largest absolute Gasteiger partial charge is 0.504 e. The zero-order valence-corrected chi connectivity index (χ0v) is 15.6. The summed E-state index contributed by atoms with van der Waals surface area (Å²) in [5.41, 5.74) is 0.359. The molecule has 1 heterocycles. The van der Waals surface area contributed by atoms with E-state index in [9.17, 15) is 24.9 Å². The summed E-state index contributed by atoms with van der Waals surface area (Å²) in [6, 6.07) is 1.65. The quantitative estimate of drug-likeness (QED) is 0.396. The molecular weight excluding hydrogens is 354 g/mol. The van der Waals surface area contributed by atoms with Gasteiger partial charge >= 0.3 is 0 Å². The number of nitrogens with one attached hydrogen (secondary N) is 3. The van der Waals surface area contributed by atoms with Crippen LogP contribution in [0.2, 0.25) is 0 Å². The Balaban J connectivity index is 2.44. The number of carbonyl (C=O) groups excluding carboxylic acids is 2. The smallest absolute Gasteiger partial charge is 0.243 e. The van der Waals surface area contributed by atoms with Crippen LogP contribution >= 0.6 is 0 Å². The maximum Gasteiger partial charge on any atom is 0.243 e. The lowest BCUT2D eigenvalue weighted by molar-refractivity contribution is -0.133. The molecule has 0 saturated heterocycles.